The van der Waals surface area contributed by atoms with E-state index in [1.165, 1.54) is 0 Å². The molecule has 0 saturated carbocycles. The van der Waals surface area contributed by atoms with Gasteiger partial charge in [0.1, 0.15) is 5.02 Å². The average molecular weight is 331 g/mol. The summed E-state index contributed by atoms with van der Waals surface area (Å²) in [5.74, 6) is 0. The van der Waals surface area contributed by atoms with Crippen LogP contribution in [0.2, 0.25) is 10.0 Å². The minimum Gasteiger partial charge on any atom is -0.398 e. The molecule has 0 aliphatic heterocycles. The van der Waals surface area contributed by atoms with Gasteiger partial charge in [-0.3, -0.25) is 9.59 Å². The molecule has 22 heavy (non-hydrogen) atoms. The number of hydrogen-bond donors (Lipinski definition) is 2. The van der Waals surface area contributed by atoms with Crippen molar-refractivity contribution in [2.75, 3.05) is 11.5 Å². The lowest BCUT2D eigenvalue weighted by molar-refractivity contribution is 1.56. The zero-order valence-electron chi connectivity index (χ0n) is 11.0. The summed E-state index contributed by atoms with van der Waals surface area (Å²) in [6.07, 6.45) is 0. The van der Waals surface area contributed by atoms with Gasteiger partial charge < -0.3 is 11.5 Å². The third kappa shape index (κ3) is 1.39. The summed E-state index contributed by atoms with van der Waals surface area (Å²) in [7, 11) is 0. The molecule has 0 unspecified atom stereocenters. The number of anilines is 2. The molecular weight excluding hydrogens is 323 g/mol. The number of rotatable bonds is 0. The van der Waals surface area contributed by atoms with Crippen LogP contribution in [-0.2, 0) is 0 Å². The highest BCUT2D eigenvalue weighted by Gasteiger charge is 2.22. The van der Waals surface area contributed by atoms with Gasteiger partial charge in [0, 0.05) is 32.6 Å². The predicted octanol–water partition coefficient (Wildman–Crippen LogP) is 3.21. The van der Waals surface area contributed by atoms with Gasteiger partial charge in [0.15, 0.2) is 0 Å². The number of hydrogen-bond acceptors (Lipinski definition) is 4. The molecule has 4 rings (SSSR count). The number of nitrogen functional groups attached to an aromatic ring is 2. The first-order valence-electron chi connectivity index (χ1n) is 6.43. The van der Waals surface area contributed by atoms with Crippen LogP contribution in [0.15, 0.2) is 33.9 Å². The van der Waals surface area contributed by atoms with Crippen molar-refractivity contribution in [2.24, 2.45) is 0 Å². The third-order valence-electron chi connectivity index (χ3n) is 4.06. The molecule has 0 bridgehead atoms. The van der Waals surface area contributed by atoms with Crippen molar-refractivity contribution in [3.05, 3.63) is 54.8 Å². The van der Waals surface area contributed by atoms with Crippen molar-refractivity contribution in [2.45, 2.75) is 0 Å². The van der Waals surface area contributed by atoms with Crippen LogP contribution in [0.25, 0.3) is 32.3 Å². The lowest BCUT2D eigenvalue weighted by Gasteiger charge is -2.16. The van der Waals surface area contributed by atoms with E-state index in [4.69, 9.17) is 34.7 Å². The second kappa shape index (κ2) is 4.12. The molecule has 108 valence electrons. The van der Waals surface area contributed by atoms with Gasteiger partial charge in [-0.25, -0.2) is 0 Å². The lowest BCUT2D eigenvalue weighted by Crippen LogP contribution is -2.24. The van der Waals surface area contributed by atoms with Crippen molar-refractivity contribution in [1.82, 2.24) is 0 Å². The molecule has 0 aliphatic rings. The fourth-order valence-corrected chi connectivity index (χ4v) is 3.68. The van der Waals surface area contributed by atoms with Crippen molar-refractivity contribution in [1.29, 1.82) is 0 Å². The molecular formula is C16H8Cl2N2O2. The fourth-order valence-electron chi connectivity index (χ4n) is 3.07. The van der Waals surface area contributed by atoms with E-state index in [0.717, 1.165) is 5.39 Å². The lowest BCUT2D eigenvalue weighted by atomic mass is 9.92. The number of halogens is 2. The molecule has 6 heteroatoms. The largest absolute Gasteiger partial charge is 0.398 e. The molecule has 0 aromatic heterocycles. The van der Waals surface area contributed by atoms with Crippen LogP contribution in [0.4, 0.5) is 11.4 Å². The maximum atomic E-state index is 12.2. The zero-order valence-corrected chi connectivity index (χ0v) is 12.5. The number of nitrogens with two attached hydrogens (primary N) is 2. The molecule has 0 radical (unpaired) electrons. The van der Waals surface area contributed by atoms with E-state index in [-0.39, 0.29) is 21.1 Å². The summed E-state index contributed by atoms with van der Waals surface area (Å²) >= 11 is 12.4. The van der Waals surface area contributed by atoms with Gasteiger partial charge in [-0.2, -0.15) is 0 Å². The van der Waals surface area contributed by atoms with Gasteiger partial charge in [0.25, 0.3) is 0 Å². The van der Waals surface area contributed by atoms with Crippen LogP contribution in [0.5, 0.6) is 0 Å². The maximum Gasteiger partial charge on any atom is 0.245 e. The van der Waals surface area contributed by atoms with Gasteiger partial charge in [-0.05, 0) is 17.5 Å². The quantitative estimate of drug-likeness (QED) is 0.294. The van der Waals surface area contributed by atoms with Crippen molar-refractivity contribution in [3.8, 4) is 0 Å². The smallest absolute Gasteiger partial charge is 0.245 e. The molecule has 0 heterocycles. The minimum absolute atomic E-state index is 0.144. The SMILES string of the molecule is Nc1ccc2ccc3c(=O)c(=O)c(Cl)c4c(Cl)c(N)c1c2c43. The normalized spacial score (nSPS) is 11.9. The topological polar surface area (TPSA) is 86.2 Å². The maximum absolute atomic E-state index is 12.2. The Morgan fingerprint density at radius 3 is 2.14 bits per heavy atom. The Labute approximate surface area is 133 Å². The highest BCUT2D eigenvalue weighted by Crippen LogP contribution is 2.45. The highest BCUT2D eigenvalue weighted by atomic mass is 35.5. The van der Waals surface area contributed by atoms with Gasteiger partial charge in [0.2, 0.25) is 10.9 Å². The second-order valence-electron chi connectivity index (χ2n) is 5.19. The summed E-state index contributed by atoms with van der Waals surface area (Å²) in [4.78, 5) is 24.3. The molecule has 4 aromatic carbocycles. The van der Waals surface area contributed by atoms with Crippen LogP contribution >= 0.6 is 23.2 Å². The summed E-state index contributed by atoms with van der Waals surface area (Å²) in [5.41, 5.74) is 11.4. The first kappa shape index (κ1) is 13.4. The van der Waals surface area contributed by atoms with Crippen LogP contribution in [0, 0.1) is 0 Å². The van der Waals surface area contributed by atoms with Gasteiger partial charge in [0.05, 0.1) is 10.7 Å². The van der Waals surface area contributed by atoms with E-state index in [0.29, 0.717) is 27.2 Å². The molecule has 0 amide bonds. The van der Waals surface area contributed by atoms with E-state index in [9.17, 15) is 9.59 Å². The second-order valence-corrected chi connectivity index (χ2v) is 5.95. The van der Waals surface area contributed by atoms with Crippen LogP contribution in [0.1, 0.15) is 0 Å². The molecule has 0 atom stereocenters. The van der Waals surface area contributed by atoms with Crippen LogP contribution < -0.4 is 22.3 Å². The summed E-state index contributed by atoms with van der Waals surface area (Å²) in [6, 6.07) is 6.92. The van der Waals surface area contributed by atoms with E-state index < -0.39 is 10.9 Å². The van der Waals surface area contributed by atoms with E-state index >= 15 is 0 Å². The van der Waals surface area contributed by atoms with Crippen molar-refractivity contribution < 1.29 is 0 Å². The minimum atomic E-state index is -0.776. The molecule has 0 saturated heterocycles. The van der Waals surface area contributed by atoms with Gasteiger partial charge in [-0.1, -0.05) is 35.3 Å². The Bertz CT molecular complexity index is 1200. The van der Waals surface area contributed by atoms with Gasteiger partial charge >= 0.3 is 0 Å². The Balaban J connectivity index is 2.60. The predicted molar refractivity (Wildman–Crippen MR) is 92.7 cm³/mol. The monoisotopic (exact) mass is 330 g/mol. The zero-order chi connectivity index (χ0) is 15.8. The molecule has 0 fully saturated rings. The Kier molecular flexibility index (Phi) is 2.50. The first-order valence-corrected chi connectivity index (χ1v) is 7.19. The Morgan fingerprint density at radius 2 is 1.41 bits per heavy atom. The fraction of sp³-hybridized carbons (Fsp3) is 0. The van der Waals surface area contributed by atoms with Gasteiger partial charge in [-0.15, -0.1) is 0 Å². The average Bonchev–Trinajstić information content (AvgIpc) is 2.51. The van der Waals surface area contributed by atoms with Crippen molar-refractivity contribution >= 4 is 66.9 Å². The Morgan fingerprint density at radius 1 is 0.727 bits per heavy atom. The molecule has 4 N–H and O–H groups in total. The van der Waals surface area contributed by atoms with Crippen LogP contribution in [0.3, 0.4) is 0 Å². The van der Waals surface area contributed by atoms with E-state index in [1.54, 1.807) is 18.2 Å². The number of benzene rings is 4. The molecule has 0 aliphatic carbocycles. The summed E-state index contributed by atoms with van der Waals surface area (Å²) in [6.45, 7) is 0. The summed E-state index contributed by atoms with van der Waals surface area (Å²) in [5, 5.41) is 3.19. The van der Waals surface area contributed by atoms with E-state index in [2.05, 4.69) is 0 Å². The Hall–Kier alpha value is -2.30. The highest BCUT2D eigenvalue weighted by molar-refractivity contribution is 6.48. The summed E-state index contributed by atoms with van der Waals surface area (Å²) < 4.78 is 0. The van der Waals surface area contributed by atoms with Crippen LogP contribution in [-0.4, -0.2) is 0 Å². The molecule has 0 spiro atoms. The molecule has 4 aromatic rings. The third-order valence-corrected chi connectivity index (χ3v) is 4.82. The van der Waals surface area contributed by atoms with Crippen molar-refractivity contribution in [3.63, 3.8) is 0 Å². The van der Waals surface area contributed by atoms with E-state index in [1.807, 2.05) is 6.07 Å². The molecule has 4 nitrogen and oxygen atoms in total. The first-order chi connectivity index (χ1) is 10.4. The standard InChI is InChI=1S/C16H8Cl2N2O2/c17-12-11-9-6(15(21)16(22)13(11)18)3-1-5-2-4-7(19)10(8(5)9)14(12)20/h1-4H,19-20H2.